The van der Waals surface area contributed by atoms with Crippen molar-refractivity contribution in [2.45, 2.75) is 37.2 Å². The standard InChI is InChI=1S/C20H21NO5S/c1-2-11-27(25,26)17-9-7-14(8-10-17)19(22)21-13-16-6-4-3-5-15(16)12-18(21)20(23)24/h3-10,18H,2,11-13H2,1H3,(H,23,24). The number of hydrogen-bond acceptors (Lipinski definition) is 4. The van der Waals surface area contributed by atoms with Crippen LogP contribution in [0.25, 0.3) is 0 Å². The highest BCUT2D eigenvalue weighted by Crippen LogP contribution is 2.25. The predicted molar refractivity (Wildman–Crippen MR) is 100 cm³/mol. The first-order valence-electron chi connectivity index (χ1n) is 8.77. The zero-order valence-corrected chi connectivity index (χ0v) is 15.8. The summed E-state index contributed by atoms with van der Waals surface area (Å²) in [5, 5.41) is 9.57. The topological polar surface area (TPSA) is 91.8 Å². The summed E-state index contributed by atoms with van der Waals surface area (Å²) in [5.41, 5.74) is 2.12. The third-order valence-electron chi connectivity index (χ3n) is 4.73. The van der Waals surface area contributed by atoms with Gasteiger partial charge in [-0.25, -0.2) is 13.2 Å². The third kappa shape index (κ3) is 3.88. The van der Waals surface area contributed by atoms with Gasteiger partial charge >= 0.3 is 5.97 Å². The van der Waals surface area contributed by atoms with E-state index in [4.69, 9.17) is 0 Å². The van der Waals surface area contributed by atoms with Crippen molar-refractivity contribution in [1.82, 2.24) is 4.90 Å². The van der Waals surface area contributed by atoms with Crippen LogP contribution in [0.3, 0.4) is 0 Å². The van der Waals surface area contributed by atoms with Gasteiger partial charge in [0.1, 0.15) is 6.04 Å². The molecule has 1 amide bonds. The Morgan fingerprint density at radius 1 is 1.07 bits per heavy atom. The SMILES string of the molecule is CCCS(=O)(=O)c1ccc(C(=O)N2Cc3ccccc3CC2C(=O)O)cc1. The maximum atomic E-state index is 12.9. The molecule has 7 heteroatoms. The summed E-state index contributed by atoms with van der Waals surface area (Å²) in [6, 6.07) is 12.2. The number of carboxylic acid groups (broad SMARTS) is 1. The lowest BCUT2D eigenvalue weighted by atomic mass is 9.93. The molecule has 2 aromatic carbocycles. The Kier molecular flexibility index (Phi) is 5.32. The Balaban J connectivity index is 1.89. The Hall–Kier alpha value is -2.67. The molecule has 0 fully saturated rings. The van der Waals surface area contributed by atoms with Crippen molar-refractivity contribution in [2.24, 2.45) is 0 Å². The number of carbonyl (C=O) groups excluding carboxylic acids is 1. The first kappa shape index (κ1) is 19.1. The van der Waals surface area contributed by atoms with Crippen molar-refractivity contribution >= 4 is 21.7 Å². The fraction of sp³-hybridized carbons (Fsp3) is 0.300. The number of nitrogens with zero attached hydrogens (tertiary/aromatic N) is 1. The number of sulfone groups is 1. The number of benzene rings is 2. The van der Waals surface area contributed by atoms with Gasteiger partial charge in [0.05, 0.1) is 10.6 Å². The van der Waals surface area contributed by atoms with Crippen LogP contribution in [0.5, 0.6) is 0 Å². The molecule has 1 unspecified atom stereocenters. The van der Waals surface area contributed by atoms with Gasteiger partial charge in [0.15, 0.2) is 9.84 Å². The molecule has 1 aliphatic heterocycles. The Labute approximate surface area is 158 Å². The molecule has 0 spiro atoms. The van der Waals surface area contributed by atoms with Crippen LogP contribution in [0.4, 0.5) is 0 Å². The second-order valence-electron chi connectivity index (χ2n) is 6.60. The molecule has 0 bridgehead atoms. The molecule has 27 heavy (non-hydrogen) atoms. The maximum Gasteiger partial charge on any atom is 0.326 e. The van der Waals surface area contributed by atoms with Crippen molar-refractivity contribution in [1.29, 1.82) is 0 Å². The van der Waals surface area contributed by atoms with Gasteiger partial charge in [0, 0.05) is 18.5 Å². The largest absolute Gasteiger partial charge is 0.480 e. The average Bonchev–Trinajstić information content (AvgIpc) is 2.66. The summed E-state index contributed by atoms with van der Waals surface area (Å²) in [6.45, 7) is 2.00. The lowest BCUT2D eigenvalue weighted by Gasteiger charge is -2.34. The maximum absolute atomic E-state index is 12.9. The van der Waals surface area contributed by atoms with Crippen molar-refractivity contribution in [3.05, 3.63) is 65.2 Å². The molecule has 1 aliphatic rings. The van der Waals surface area contributed by atoms with Crippen molar-refractivity contribution in [3.63, 3.8) is 0 Å². The highest BCUT2D eigenvalue weighted by Gasteiger charge is 2.35. The van der Waals surface area contributed by atoms with Gasteiger partial charge in [-0.3, -0.25) is 4.79 Å². The van der Waals surface area contributed by atoms with Gasteiger partial charge in [0.2, 0.25) is 0 Å². The molecular weight excluding hydrogens is 366 g/mol. The molecule has 3 rings (SSSR count). The number of aliphatic carboxylic acids is 1. The van der Waals surface area contributed by atoms with E-state index in [1.54, 1.807) is 6.92 Å². The van der Waals surface area contributed by atoms with Gasteiger partial charge < -0.3 is 10.0 Å². The van der Waals surface area contributed by atoms with Gasteiger partial charge in [-0.1, -0.05) is 31.2 Å². The number of carboxylic acids is 1. The summed E-state index contributed by atoms with van der Waals surface area (Å²) in [7, 11) is -3.36. The summed E-state index contributed by atoms with van der Waals surface area (Å²) >= 11 is 0. The van der Waals surface area contributed by atoms with Crippen molar-refractivity contribution in [2.75, 3.05) is 5.75 Å². The van der Waals surface area contributed by atoms with Gasteiger partial charge in [0.25, 0.3) is 5.91 Å². The van der Waals surface area contributed by atoms with Crippen LogP contribution in [-0.2, 0) is 27.6 Å². The normalized spacial score (nSPS) is 16.6. The van der Waals surface area contributed by atoms with Crippen LogP contribution >= 0.6 is 0 Å². The molecule has 0 saturated heterocycles. The molecule has 0 aromatic heterocycles. The molecule has 0 radical (unpaired) electrons. The van der Waals surface area contributed by atoms with E-state index < -0.39 is 27.8 Å². The number of amides is 1. The van der Waals surface area contributed by atoms with Gasteiger partial charge in [-0.05, 0) is 41.8 Å². The molecule has 142 valence electrons. The van der Waals surface area contributed by atoms with Crippen LogP contribution in [0, 0.1) is 0 Å². The van der Waals surface area contributed by atoms with E-state index in [9.17, 15) is 23.1 Å². The Bertz CT molecular complexity index is 966. The number of hydrogen-bond donors (Lipinski definition) is 1. The first-order chi connectivity index (χ1) is 12.8. The summed E-state index contributed by atoms with van der Waals surface area (Å²) in [4.78, 5) is 26.1. The smallest absolute Gasteiger partial charge is 0.326 e. The minimum atomic E-state index is -3.36. The molecule has 2 aromatic rings. The lowest BCUT2D eigenvalue weighted by Crippen LogP contribution is -2.48. The first-order valence-corrected chi connectivity index (χ1v) is 10.4. The van der Waals surface area contributed by atoms with E-state index in [-0.39, 0.29) is 29.2 Å². The second-order valence-corrected chi connectivity index (χ2v) is 8.71. The molecule has 1 N–H and O–H groups in total. The summed E-state index contributed by atoms with van der Waals surface area (Å²) in [6.07, 6.45) is 0.761. The highest BCUT2D eigenvalue weighted by atomic mass is 32.2. The lowest BCUT2D eigenvalue weighted by molar-refractivity contribution is -0.142. The quantitative estimate of drug-likeness (QED) is 0.851. The van der Waals surface area contributed by atoms with E-state index in [0.717, 1.165) is 11.1 Å². The summed E-state index contributed by atoms with van der Waals surface area (Å²) < 4.78 is 24.2. The Morgan fingerprint density at radius 3 is 2.30 bits per heavy atom. The van der Waals surface area contributed by atoms with Crippen LogP contribution in [0.15, 0.2) is 53.4 Å². The number of rotatable bonds is 5. The van der Waals surface area contributed by atoms with Gasteiger partial charge in [-0.2, -0.15) is 0 Å². The fourth-order valence-electron chi connectivity index (χ4n) is 3.31. The predicted octanol–water partition coefficient (Wildman–Crippen LogP) is 2.52. The highest BCUT2D eigenvalue weighted by molar-refractivity contribution is 7.91. The molecule has 0 aliphatic carbocycles. The fourth-order valence-corrected chi connectivity index (χ4v) is 4.64. The zero-order valence-electron chi connectivity index (χ0n) is 15.0. The van der Waals surface area contributed by atoms with E-state index in [2.05, 4.69) is 0 Å². The van der Waals surface area contributed by atoms with Crippen LogP contribution < -0.4 is 0 Å². The molecule has 1 heterocycles. The van der Waals surface area contributed by atoms with Crippen LogP contribution in [0.2, 0.25) is 0 Å². The van der Waals surface area contributed by atoms with Crippen LogP contribution in [0.1, 0.15) is 34.8 Å². The van der Waals surface area contributed by atoms with Gasteiger partial charge in [-0.15, -0.1) is 0 Å². The minimum Gasteiger partial charge on any atom is -0.480 e. The third-order valence-corrected chi connectivity index (χ3v) is 6.66. The number of fused-ring (bicyclic) bond motifs is 1. The molecule has 0 saturated carbocycles. The minimum absolute atomic E-state index is 0.0459. The molecular formula is C20H21NO5S. The van der Waals surface area contributed by atoms with Crippen molar-refractivity contribution in [3.8, 4) is 0 Å². The monoisotopic (exact) mass is 387 g/mol. The van der Waals surface area contributed by atoms with E-state index in [1.807, 2.05) is 24.3 Å². The number of carbonyl (C=O) groups is 2. The van der Waals surface area contributed by atoms with Crippen LogP contribution in [-0.4, -0.2) is 42.1 Å². The zero-order chi connectivity index (χ0) is 19.6. The summed E-state index contributed by atoms with van der Waals surface area (Å²) in [5.74, 6) is -1.43. The molecule has 6 nitrogen and oxygen atoms in total. The van der Waals surface area contributed by atoms with E-state index in [0.29, 0.717) is 6.42 Å². The van der Waals surface area contributed by atoms with E-state index >= 15 is 0 Å². The van der Waals surface area contributed by atoms with Crippen molar-refractivity contribution < 1.29 is 23.1 Å². The second kappa shape index (κ2) is 7.52. The average molecular weight is 387 g/mol. The molecule has 1 atom stereocenters. The Morgan fingerprint density at radius 2 is 1.70 bits per heavy atom. The van der Waals surface area contributed by atoms with E-state index in [1.165, 1.54) is 29.2 Å².